The number of nitrogens with zero attached hydrogens (tertiary/aromatic N) is 3. The zero-order valence-corrected chi connectivity index (χ0v) is 16.0. The summed E-state index contributed by atoms with van der Waals surface area (Å²) in [5.74, 6) is 0.140. The summed E-state index contributed by atoms with van der Waals surface area (Å²) in [5.41, 5.74) is 4.69. The lowest BCUT2D eigenvalue weighted by Gasteiger charge is -2.09. The number of para-hydroxylation sites is 1. The lowest BCUT2D eigenvalue weighted by atomic mass is 10.1. The van der Waals surface area contributed by atoms with E-state index in [0.717, 1.165) is 40.6 Å². The molecule has 4 rings (SSSR count). The number of furan rings is 1. The summed E-state index contributed by atoms with van der Waals surface area (Å²) in [6.45, 7) is 4.45. The first-order valence-corrected chi connectivity index (χ1v) is 9.40. The van der Waals surface area contributed by atoms with Crippen LogP contribution in [0.4, 0.5) is 0 Å². The minimum Gasteiger partial charge on any atom is -0.451 e. The van der Waals surface area contributed by atoms with E-state index in [0.29, 0.717) is 12.3 Å². The summed E-state index contributed by atoms with van der Waals surface area (Å²) < 4.78 is 7.53. The second kappa shape index (κ2) is 7.68. The van der Waals surface area contributed by atoms with E-state index in [2.05, 4.69) is 34.5 Å². The maximum absolute atomic E-state index is 12.8. The van der Waals surface area contributed by atoms with E-state index in [-0.39, 0.29) is 5.91 Å². The van der Waals surface area contributed by atoms with Gasteiger partial charge in [0.2, 0.25) is 0 Å². The van der Waals surface area contributed by atoms with Gasteiger partial charge >= 0.3 is 0 Å². The minimum atomic E-state index is -0.223. The maximum Gasteiger partial charge on any atom is 0.287 e. The fourth-order valence-corrected chi connectivity index (χ4v) is 3.40. The first-order chi connectivity index (χ1) is 13.7. The second-order valence-corrected chi connectivity index (χ2v) is 6.79. The van der Waals surface area contributed by atoms with Crippen LogP contribution in [-0.2, 0) is 13.0 Å². The largest absolute Gasteiger partial charge is 0.451 e. The van der Waals surface area contributed by atoms with Gasteiger partial charge in [-0.3, -0.25) is 4.79 Å². The van der Waals surface area contributed by atoms with E-state index in [1.54, 1.807) is 11.0 Å². The van der Waals surface area contributed by atoms with Crippen molar-refractivity contribution in [2.45, 2.75) is 33.2 Å². The smallest absolute Gasteiger partial charge is 0.287 e. The molecule has 6 nitrogen and oxygen atoms in total. The third kappa shape index (κ3) is 3.41. The number of carbonyl (C=O) groups excluding carboxylic acids is 1. The molecule has 2 aromatic carbocycles. The molecule has 2 aromatic heterocycles. The highest BCUT2D eigenvalue weighted by Gasteiger charge is 2.18. The minimum absolute atomic E-state index is 0.223. The molecule has 0 unspecified atom stereocenters. The van der Waals surface area contributed by atoms with Crippen molar-refractivity contribution >= 4 is 16.9 Å². The zero-order valence-electron chi connectivity index (χ0n) is 16.0. The Hall–Kier alpha value is -3.41. The number of fused-ring (bicyclic) bond motifs is 1. The van der Waals surface area contributed by atoms with E-state index in [4.69, 9.17) is 4.42 Å². The van der Waals surface area contributed by atoms with Crippen LogP contribution in [0.15, 0.2) is 59.5 Å². The number of nitrogens with one attached hydrogen (secondary N) is 1. The lowest BCUT2D eigenvalue weighted by Crippen LogP contribution is -2.23. The van der Waals surface area contributed by atoms with Gasteiger partial charge in [-0.05, 0) is 42.7 Å². The van der Waals surface area contributed by atoms with E-state index >= 15 is 0 Å². The summed E-state index contributed by atoms with van der Waals surface area (Å²) in [6, 6.07) is 13.9. The fourth-order valence-electron chi connectivity index (χ4n) is 3.40. The molecule has 4 aromatic rings. The van der Waals surface area contributed by atoms with Crippen molar-refractivity contribution in [1.29, 1.82) is 0 Å². The molecule has 0 radical (unpaired) electrons. The number of hydrogen-bond donors (Lipinski definition) is 1. The number of aryl methyl sites for hydroxylation is 2. The predicted molar refractivity (Wildman–Crippen MR) is 107 cm³/mol. The van der Waals surface area contributed by atoms with Gasteiger partial charge in [0.15, 0.2) is 5.76 Å². The highest BCUT2D eigenvalue weighted by atomic mass is 16.3. The van der Waals surface area contributed by atoms with Gasteiger partial charge < -0.3 is 9.73 Å². The number of hydrogen-bond acceptors (Lipinski definition) is 4. The summed E-state index contributed by atoms with van der Waals surface area (Å²) in [6.07, 6.45) is 5.22. The van der Waals surface area contributed by atoms with Gasteiger partial charge in [0, 0.05) is 17.5 Å². The Bertz CT molecular complexity index is 1110. The van der Waals surface area contributed by atoms with E-state index in [9.17, 15) is 4.79 Å². The van der Waals surface area contributed by atoms with Crippen LogP contribution in [0.3, 0.4) is 0 Å². The Balaban J connectivity index is 1.56. The SMILES string of the molecule is CCCc1ccc2oc(C(=O)NCc3ccccc3-n3cncn3)c(C)c2c1. The number of benzene rings is 2. The highest BCUT2D eigenvalue weighted by molar-refractivity contribution is 5.99. The second-order valence-electron chi connectivity index (χ2n) is 6.79. The average molecular weight is 374 g/mol. The van der Waals surface area contributed by atoms with E-state index < -0.39 is 0 Å². The molecule has 0 bridgehead atoms. The maximum atomic E-state index is 12.8. The van der Waals surface area contributed by atoms with Gasteiger partial charge in [-0.2, -0.15) is 5.10 Å². The molecule has 6 heteroatoms. The van der Waals surface area contributed by atoms with Gasteiger partial charge in [0.25, 0.3) is 5.91 Å². The van der Waals surface area contributed by atoms with E-state index in [1.807, 2.05) is 37.3 Å². The summed E-state index contributed by atoms with van der Waals surface area (Å²) >= 11 is 0. The molecule has 0 saturated carbocycles. The van der Waals surface area contributed by atoms with Gasteiger partial charge in [0.05, 0.1) is 5.69 Å². The van der Waals surface area contributed by atoms with Crippen LogP contribution in [-0.4, -0.2) is 20.7 Å². The van der Waals surface area contributed by atoms with Crippen LogP contribution < -0.4 is 5.32 Å². The molecule has 0 atom stereocenters. The van der Waals surface area contributed by atoms with Crippen molar-refractivity contribution in [2.24, 2.45) is 0 Å². The number of aromatic nitrogens is 3. The Morgan fingerprint density at radius 3 is 2.86 bits per heavy atom. The molecular formula is C22H22N4O2. The summed E-state index contributed by atoms with van der Waals surface area (Å²) in [4.78, 5) is 16.8. The lowest BCUT2D eigenvalue weighted by molar-refractivity contribution is 0.0924. The molecular weight excluding hydrogens is 352 g/mol. The molecule has 1 amide bonds. The van der Waals surface area contributed by atoms with Gasteiger partial charge in [0.1, 0.15) is 18.2 Å². The van der Waals surface area contributed by atoms with Crippen molar-refractivity contribution in [3.63, 3.8) is 0 Å². The normalized spacial score (nSPS) is 11.1. The molecule has 28 heavy (non-hydrogen) atoms. The molecule has 142 valence electrons. The Kier molecular flexibility index (Phi) is 4.93. The molecule has 0 aliphatic rings. The van der Waals surface area contributed by atoms with Crippen LogP contribution in [0.1, 0.15) is 40.6 Å². The number of amides is 1. The van der Waals surface area contributed by atoms with Crippen molar-refractivity contribution < 1.29 is 9.21 Å². The van der Waals surface area contributed by atoms with Crippen molar-refractivity contribution in [3.05, 3.63) is 77.6 Å². The Morgan fingerprint density at radius 2 is 2.07 bits per heavy atom. The summed E-state index contributed by atoms with van der Waals surface area (Å²) in [5, 5.41) is 8.14. The number of rotatable bonds is 6. The van der Waals surface area contributed by atoms with Gasteiger partial charge in [-0.1, -0.05) is 37.6 Å². The van der Waals surface area contributed by atoms with Crippen molar-refractivity contribution in [3.8, 4) is 5.69 Å². The van der Waals surface area contributed by atoms with Crippen LogP contribution in [0.2, 0.25) is 0 Å². The molecule has 2 heterocycles. The molecule has 1 N–H and O–H groups in total. The highest BCUT2D eigenvalue weighted by Crippen LogP contribution is 2.27. The van der Waals surface area contributed by atoms with Crippen molar-refractivity contribution in [1.82, 2.24) is 20.1 Å². The third-order valence-electron chi connectivity index (χ3n) is 4.84. The fraction of sp³-hybridized carbons (Fsp3) is 0.227. The first-order valence-electron chi connectivity index (χ1n) is 9.40. The average Bonchev–Trinajstić information content (AvgIpc) is 3.35. The van der Waals surface area contributed by atoms with Crippen molar-refractivity contribution in [2.75, 3.05) is 0 Å². The molecule has 0 spiro atoms. The first kappa shape index (κ1) is 18.0. The van der Waals surface area contributed by atoms with Crippen LogP contribution >= 0.6 is 0 Å². The Morgan fingerprint density at radius 1 is 1.21 bits per heavy atom. The molecule has 0 fully saturated rings. The monoisotopic (exact) mass is 374 g/mol. The molecule has 0 aliphatic carbocycles. The molecule has 0 aliphatic heterocycles. The quantitative estimate of drug-likeness (QED) is 0.549. The number of carbonyl (C=O) groups is 1. The third-order valence-corrected chi connectivity index (χ3v) is 4.84. The van der Waals surface area contributed by atoms with Crippen LogP contribution in [0.25, 0.3) is 16.7 Å². The predicted octanol–water partition coefficient (Wildman–Crippen LogP) is 4.20. The van der Waals surface area contributed by atoms with E-state index in [1.165, 1.54) is 11.9 Å². The van der Waals surface area contributed by atoms with Gasteiger partial charge in [-0.15, -0.1) is 0 Å². The summed E-state index contributed by atoms with van der Waals surface area (Å²) in [7, 11) is 0. The van der Waals surface area contributed by atoms with Gasteiger partial charge in [-0.25, -0.2) is 9.67 Å². The Labute approximate surface area is 163 Å². The van der Waals surface area contributed by atoms with Crippen LogP contribution in [0.5, 0.6) is 0 Å². The zero-order chi connectivity index (χ0) is 19.5. The van der Waals surface area contributed by atoms with Crippen LogP contribution in [0, 0.1) is 6.92 Å². The standard InChI is InChI=1S/C22H22N4O2/c1-3-6-16-9-10-20-18(11-16)15(2)21(28-20)22(27)24-12-17-7-4-5-8-19(17)26-14-23-13-25-26/h4-5,7-11,13-14H,3,6,12H2,1-2H3,(H,24,27). The molecule has 0 saturated heterocycles. The topological polar surface area (TPSA) is 73.0 Å².